The van der Waals surface area contributed by atoms with Gasteiger partial charge in [0.2, 0.25) is 0 Å². The lowest BCUT2D eigenvalue weighted by atomic mass is 10.1. The van der Waals surface area contributed by atoms with Gasteiger partial charge in [0.05, 0.1) is 0 Å². The molecule has 0 aromatic carbocycles. The highest BCUT2D eigenvalue weighted by Crippen LogP contribution is 2.37. The third kappa shape index (κ3) is 1.74. The molecule has 0 bridgehead atoms. The summed E-state index contributed by atoms with van der Waals surface area (Å²) in [6, 6.07) is 0.567. The van der Waals surface area contributed by atoms with Gasteiger partial charge in [0.15, 0.2) is 0 Å². The summed E-state index contributed by atoms with van der Waals surface area (Å²) in [6.07, 6.45) is 2.43. The molecule has 1 fully saturated rings. The summed E-state index contributed by atoms with van der Waals surface area (Å²) >= 11 is 0. The molecule has 1 aliphatic rings. The fraction of sp³-hybridized carbons (Fsp3) is 1.00. The molecule has 1 atom stereocenters. The number of likely N-dealkylation sites (N-methyl/N-ethyl adjacent to an activating group) is 1. The summed E-state index contributed by atoms with van der Waals surface area (Å²) in [5, 5.41) is 0. The second-order valence-electron chi connectivity index (χ2n) is 3.63. The smallest absolute Gasteiger partial charge is 0.0310 e. The molecule has 0 spiro atoms. The van der Waals surface area contributed by atoms with Gasteiger partial charge >= 0.3 is 0 Å². The van der Waals surface area contributed by atoms with Gasteiger partial charge in [0.1, 0.15) is 0 Å². The van der Waals surface area contributed by atoms with Gasteiger partial charge in [-0.05, 0) is 32.9 Å². The summed E-state index contributed by atoms with van der Waals surface area (Å²) in [4.78, 5) is 2.44. The lowest BCUT2D eigenvalue weighted by Gasteiger charge is -2.31. The van der Waals surface area contributed by atoms with Crippen LogP contribution < -0.4 is 5.73 Å². The van der Waals surface area contributed by atoms with E-state index < -0.39 is 0 Å². The van der Waals surface area contributed by atoms with Crippen LogP contribution >= 0.6 is 0 Å². The predicted molar refractivity (Wildman–Crippen MR) is 48.5 cm³/mol. The molecule has 0 radical (unpaired) electrons. The van der Waals surface area contributed by atoms with E-state index in [1.54, 1.807) is 0 Å². The summed E-state index contributed by atoms with van der Waals surface area (Å²) in [5.74, 6) is 0. The van der Waals surface area contributed by atoms with Crippen molar-refractivity contribution in [1.82, 2.24) is 4.90 Å². The third-order valence-corrected chi connectivity index (χ3v) is 3.02. The molecule has 11 heavy (non-hydrogen) atoms. The van der Waals surface area contributed by atoms with Crippen molar-refractivity contribution < 1.29 is 0 Å². The maximum atomic E-state index is 6.10. The molecule has 2 nitrogen and oxygen atoms in total. The van der Waals surface area contributed by atoms with E-state index >= 15 is 0 Å². The summed E-state index contributed by atoms with van der Waals surface area (Å²) < 4.78 is 0. The van der Waals surface area contributed by atoms with Gasteiger partial charge in [-0.3, -0.25) is 4.90 Å². The first-order chi connectivity index (χ1) is 5.14. The molecule has 1 unspecified atom stereocenters. The Labute approximate surface area is 69.8 Å². The first kappa shape index (κ1) is 9.01. The van der Waals surface area contributed by atoms with E-state index in [9.17, 15) is 0 Å². The first-order valence-corrected chi connectivity index (χ1v) is 4.67. The average Bonchev–Trinajstić information content (AvgIpc) is 2.72. The van der Waals surface area contributed by atoms with Gasteiger partial charge in [0.25, 0.3) is 0 Å². The zero-order valence-corrected chi connectivity index (χ0v) is 7.93. The second kappa shape index (κ2) is 3.11. The largest absolute Gasteiger partial charge is 0.324 e. The highest BCUT2D eigenvalue weighted by Gasteiger charge is 2.45. The van der Waals surface area contributed by atoms with Gasteiger partial charge in [-0.1, -0.05) is 13.8 Å². The van der Waals surface area contributed by atoms with Crippen LogP contribution in [0.15, 0.2) is 0 Å². The van der Waals surface area contributed by atoms with E-state index in [0.717, 1.165) is 13.1 Å². The molecule has 1 saturated carbocycles. The lowest BCUT2D eigenvalue weighted by Crippen LogP contribution is -2.47. The number of nitrogens with zero attached hydrogens (tertiary/aromatic N) is 1. The monoisotopic (exact) mass is 156 g/mol. The Morgan fingerprint density at radius 2 is 1.82 bits per heavy atom. The van der Waals surface area contributed by atoms with Crippen LogP contribution in [-0.4, -0.2) is 29.6 Å². The number of hydrogen-bond donors (Lipinski definition) is 1. The van der Waals surface area contributed by atoms with E-state index in [-0.39, 0.29) is 5.54 Å². The van der Waals surface area contributed by atoms with Crippen molar-refractivity contribution >= 4 is 0 Å². The minimum Gasteiger partial charge on any atom is -0.324 e. The van der Waals surface area contributed by atoms with Gasteiger partial charge < -0.3 is 5.73 Å². The molecule has 2 heteroatoms. The molecule has 2 N–H and O–H groups in total. The summed E-state index contributed by atoms with van der Waals surface area (Å²) in [6.45, 7) is 8.89. The van der Waals surface area contributed by atoms with Gasteiger partial charge in [-0.15, -0.1) is 0 Å². The molecule has 66 valence electrons. The van der Waals surface area contributed by atoms with Crippen molar-refractivity contribution in [1.29, 1.82) is 0 Å². The Morgan fingerprint density at radius 1 is 1.36 bits per heavy atom. The quantitative estimate of drug-likeness (QED) is 0.663. The van der Waals surface area contributed by atoms with Crippen LogP contribution in [0.3, 0.4) is 0 Å². The van der Waals surface area contributed by atoms with Crippen LogP contribution in [0.25, 0.3) is 0 Å². The van der Waals surface area contributed by atoms with E-state index in [4.69, 9.17) is 5.73 Å². The second-order valence-corrected chi connectivity index (χ2v) is 3.63. The van der Waals surface area contributed by atoms with E-state index in [0.29, 0.717) is 6.04 Å². The van der Waals surface area contributed by atoms with Crippen LogP contribution in [-0.2, 0) is 0 Å². The van der Waals surface area contributed by atoms with E-state index in [1.165, 1.54) is 12.8 Å². The third-order valence-electron chi connectivity index (χ3n) is 3.02. The summed E-state index contributed by atoms with van der Waals surface area (Å²) in [5.41, 5.74) is 6.26. The molecule has 0 aliphatic heterocycles. The molecular formula is C9H20N2. The van der Waals surface area contributed by atoms with Gasteiger partial charge in [0, 0.05) is 11.6 Å². The summed E-state index contributed by atoms with van der Waals surface area (Å²) in [7, 11) is 0. The zero-order chi connectivity index (χ0) is 8.48. The standard InChI is InChI=1S/C9H20N2/c1-4-11(5-2)8(3)9(10)6-7-9/h8H,4-7,10H2,1-3H3. The molecule has 0 aromatic rings. The molecule has 0 heterocycles. The van der Waals surface area contributed by atoms with Gasteiger partial charge in [-0.2, -0.15) is 0 Å². The maximum absolute atomic E-state index is 6.10. The molecule has 1 rings (SSSR count). The van der Waals surface area contributed by atoms with Crippen molar-refractivity contribution in [3.05, 3.63) is 0 Å². The molecule has 0 aromatic heterocycles. The van der Waals surface area contributed by atoms with E-state index in [1.807, 2.05) is 0 Å². The topological polar surface area (TPSA) is 29.3 Å². The first-order valence-electron chi connectivity index (χ1n) is 4.67. The fourth-order valence-corrected chi connectivity index (χ4v) is 1.70. The highest BCUT2D eigenvalue weighted by atomic mass is 15.2. The Morgan fingerprint density at radius 3 is 2.09 bits per heavy atom. The Hall–Kier alpha value is -0.0800. The van der Waals surface area contributed by atoms with Crippen LogP contribution in [0.4, 0.5) is 0 Å². The molecule has 0 saturated heterocycles. The van der Waals surface area contributed by atoms with Crippen LogP contribution in [0.1, 0.15) is 33.6 Å². The van der Waals surface area contributed by atoms with Crippen LogP contribution in [0.2, 0.25) is 0 Å². The fourth-order valence-electron chi connectivity index (χ4n) is 1.70. The van der Waals surface area contributed by atoms with Crippen molar-refractivity contribution in [2.75, 3.05) is 13.1 Å². The van der Waals surface area contributed by atoms with Crippen LogP contribution in [0.5, 0.6) is 0 Å². The van der Waals surface area contributed by atoms with Crippen molar-refractivity contribution in [2.45, 2.75) is 45.2 Å². The Kier molecular flexibility index (Phi) is 2.55. The lowest BCUT2D eigenvalue weighted by molar-refractivity contribution is 0.194. The van der Waals surface area contributed by atoms with Crippen molar-refractivity contribution in [2.24, 2.45) is 5.73 Å². The molecule has 0 amide bonds. The van der Waals surface area contributed by atoms with Crippen LogP contribution in [0, 0.1) is 0 Å². The molecule has 1 aliphatic carbocycles. The zero-order valence-electron chi connectivity index (χ0n) is 7.93. The van der Waals surface area contributed by atoms with Gasteiger partial charge in [-0.25, -0.2) is 0 Å². The SMILES string of the molecule is CCN(CC)C(C)C1(N)CC1. The number of rotatable bonds is 4. The average molecular weight is 156 g/mol. The molecular weight excluding hydrogens is 136 g/mol. The minimum atomic E-state index is 0.159. The van der Waals surface area contributed by atoms with E-state index in [2.05, 4.69) is 25.7 Å². The number of nitrogens with two attached hydrogens (primary N) is 1. The number of hydrogen-bond acceptors (Lipinski definition) is 2. The predicted octanol–water partition coefficient (Wildman–Crippen LogP) is 1.21. The Balaban J connectivity index is 2.44. The normalized spacial score (nSPS) is 23.7. The minimum absolute atomic E-state index is 0.159. The highest BCUT2D eigenvalue weighted by molar-refractivity contribution is 5.06. The van der Waals surface area contributed by atoms with Crippen molar-refractivity contribution in [3.63, 3.8) is 0 Å². The maximum Gasteiger partial charge on any atom is 0.0310 e. The Bertz CT molecular complexity index is 126. The van der Waals surface area contributed by atoms with Crippen molar-refractivity contribution in [3.8, 4) is 0 Å².